The smallest absolute Gasteiger partial charge is 0 e. The summed E-state index contributed by atoms with van der Waals surface area (Å²) in [6.07, 6.45) is 0. The maximum Gasteiger partial charge on any atom is 0 e. The third kappa shape index (κ3) is 7.55. The van der Waals surface area contributed by atoms with Crippen molar-refractivity contribution in [3.8, 4) is 0 Å². The molecule has 0 saturated carbocycles. The van der Waals surface area contributed by atoms with E-state index in [-0.39, 0.29) is 28.9 Å². The second-order valence-corrected chi connectivity index (χ2v) is 4.26. The predicted molar refractivity (Wildman–Crippen MR) is 71.8 cm³/mol. The van der Waals surface area contributed by atoms with E-state index in [9.17, 15) is 0 Å². The van der Waals surface area contributed by atoms with Crippen molar-refractivity contribution in [2.24, 2.45) is 0 Å². The third-order valence-electron chi connectivity index (χ3n) is 1.84. The maximum atomic E-state index is 2.17. The van der Waals surface area contributed by atoms with Crippen LogP contribution in [0.1, 0.15) is 13.8 Å². The van der Waals surface area contributed by atoms with Crippen molar-refractivity contribution < 1.29 is 28.9 Å². The summed E-state index contributed by atoms with van der Waals surface area (Å²) in [5.41, 5.74) is 0. The van der Waals surface area contributed by atoms with Crippen molar-refractivity contribution in [3.63, 3.8) is 0 Å². The topological polar surface area (TPSA) is 0 Å². The molecular formula is C14H17ClNiP-. The molecule has 3 heteroatoms. The molecule has 0 bridgehead atoms. The zero-order valence-corrected chi connectivity index (χ0v) is 12.7. The standard InChI is InChI=1S/C12H11P.C2H6.ClH.Ni/c1-3-7-11(8-4-1)13-12-9-5-2-6-10-12;1-2;;/h1-10,13H;1-2H3;1H;/p-1. The van der Waals surface area contributed by atoms with Crippen LogP contribution >= 0.6 is 8.58 Å². The van der Waals surface area contributed by atoms with Crippen LogP contribution in [-0.2, 0) is 16.5 Å². The van der Waals surface area contributed by atoms with E-state index in [1.807, 2.05) is 13.8 Å². The molecule has 0 aromatic heterocycles. The molecule has 17 heavy (non-hydrogen) atoms. The molecule has 2 rings (SSSR count). The fourth-order valence-corrected chi connectivity index (χ4v) is 2.26. The van der Waals surface area contributed by atoms with E-state index in [2.05, 4.69) is 60.7 Å². The van der Waals surface area contributed by atoms with E-state index in [0.29, 0.717) is 0 Å². The fraction of sp³-hybridized carbons (Fsp3) is 0.143. The number of hydrogen-bond donors (Lipinski definition) is 0. The molecule has 0 aliphatic heterocycles. The summed E-state index contributed by atoms with van der Waals surface area (Å²) in [7, 11) is 0.777. The minimum absolute atomic E-state index is 0. The van der Waals surface area contributed by atoms with Gasteiger partial charge in [-0.05, 0) is 10.6 Å². The summed E-state index contributed by atoms with van der Waals surface area (Å²) < 4.78 is 0. The molecule has 0 nitrogen and oxygen atoms in total. The summed E-state index contributed by atoms with van der Waals surface area (Å²) >= 11 is 0. The molecule has 0 spiro atoms. The normalized spacial score (nSPS) is 7.88. The Morgan fingerprint density at radius 1 is 0.647 bits per heavy atom. The number of rotatable bonds is 2. The zero-order chi connectivity index (χ0) is 10.9. The average Bonchev–Trinajstić information content (AvgIpc) is 2.34. The van der Waals surface area contributed by atoms with E-state index in [1.165, 1.54) is 10.6 Å². The maximum absolute atomic E-state index is 2.17. The average molecular weight is 310 g/mol. The van der Waals surface area contributed by atoms with Gasteiger partial charge in [0.25, 0.3) is 0 Å². The molecule has 0 radical (unpaired) electrons. The third-order valence-corrected chi connectivity index (χ3v) is 3.08. The van der Waals surface area contributed by atoms with E-state index in [1.54, 1.807) is 0 Å². The summed E-state index contributed by atoms with van der Waals surface area (Å²) in [6, 6.07) is 21.2. The second-order valence-electron chi connectivity index (χ2n) is 2.86. The Labute approximate surface area is 122 Å². The van der Waals surface area contributed by atoms with Crippen molar-refractivity contribution in [1.29, 1.82) is 0 Å². The van der Waals surface area contributed by atoms with Crippen molar-refractivity contribution >= 4 is 19.2 Å². The van der Waals surface area contributed by atoms with Crippen LogP contribution in [0.4, 0.5) is 0 Å². The fourth-order valence-electron chi connectivity index (χ4n) is 1.21. The molecule has 0 aliphatic rings. The molecule has 0 amide bonds. The molecule has 96 valence electrons. The van der Waals surface area contributed by atoms with Gasteiger partial charge < -0.3 is 12.4 Å². The largest absolute Gasteiger partial charge is 1.00 e. The van der Waals surface area contributed by atoms with Crippen molar-refractivity contribution in [2.75, 3.05) is 0 Å². The van der Waals surface area contributed by atoms with Gasteiger partial charge in [0, 0.05) is 16.5 Å². The van der Waals surface area contributed by atoms with Gasteiger partial charge in [0.1, 0.15) is 0 Å². The van der Waals surface area contributed by atoms with Gasteiger partial charge in [0.15, 0.2) is 0 Å². The Morgan fingerprint density at radius 3 is 1.24 bits per heavy atom. The predicted octanol–water partition coefficient (Wildman–Crippen LogP) is 0.344. The van der Waals surface area contributed by atoms with Crippen LogP contribution in [0.5, 0.6) is 0 Å². The Hall–Kier alpha value is -0.346. The molecule has 0 fully saturated rings. The van der Waals surface area contributed by atoms with Crippen molar-refractivity contribution in [3.05, 3.63) is 60.7 Å². The van der Waals surface area contributed by atoms with Gasteiger partial charge in [-0.2, -0.15) is 0 Å². The van der Waals surface area contributed by atoms with Crippen LogP contribution in [0.3, 0.4) is 0 Å². The summed E-state index contributed by atoms with van der Waals surface area (Å²) in [6.45, 7) is 4.00. The zero-order valence-electron chi connectivity index (χ0n) is 9.97. The molecule has 0 atom stereocenters. The second kappa shape index (κ2) is 12.1. The molecule has 2 aromatic rings. The Balaban J connectivity index is 0. The minimum atomic E-state index is 0. The first-order chi connectivity index (χ1) is 7.45. The van der Waals surface area contributed by atoms with E-state index < -0.39 is 0 Å². The first kappa shape index (κ1) is 19.0. The SMILES string of the molecule is CC.[Cl-].[Ni].c1ccc(Pc2ccccc2)cc1. The van der Waals surface area contributed by atoms with E-state index in [4.69, 9.17) is 0 Å². The van der Waals surface area contributed by atoms with Crippen LogP contribution in [0, 0.1) is 0 Å². The minimum Gasteiger partial charge on any atom is -1.00 e. The van der Waals surface area contributed by atoms with Crippen LogP contribution < -0.4 is 23.0 Å². The quantitative estimate of drug-likeness (QED) is 0.554. The molecule has 0 heterocycles. The van der Waals surface area contributed by atoms with Gasteiger partial charge in [-0.3, -0.25) is 0 Å². The molecule has 2 aromatic carbocycles. The van der Waals surface area contributed by atoms with Crippen LogP contribution in [-0.4, -0.2) is 0 Å². The molecule has 0 aliphatic carbocycles. The molecule has 0 N–H and O–H groups in total. The summed E-state index contributed by atoms with van der Waals surface area (Å²) in [5, 5.41) is 2.79. The van der Waals surface area contributed by atoms with Crippen LogP contribution in [0.25, 0.3) is 0 Å². The van der Waals surface area contributed by atoms with Crippen LogP contribution in [0.15, 0.2) is 60.7 Å². The van der Waals surface area contributed by atoms with Gasteiger partial charge in [0.2, 0.25) is 0 Å². The monoisotopic (exact) mass is 309 g/mol. The Bertz CT molecular complexity index is 327. The van der Waals surface area contributed by atoms with E-state index >= 15 is 0 Å². The Morgan fingerprint density at radius 2 is 0.941 bits per heavy atom. The Kier molecular flexibility index (Phi) is 13.5. The van der Waals surface area contributed by atoms with Gasteiger partial charge >= 0.3 is 0 Å². The first-order valence-corrected chi connectivity index (χ1v) is 6.32. The van der Waals surface area contributed by atoms with Gasteiger partial charge in [-0.1, -0.05) is 83.1 Å². The summed E-state index contributed by atoms with van der Waals surface area (Å²) in [4.78, 5) is 0. The number of hydrogen-bond acceptors (Lipinski definition) is 0. The first-order valence-electron chi connectivity index (χ1n) is 5.32. The van der Waals surface area contributed by atoms with Gasteiger partial charge in [-0.15, -0.1) is 0 Å². The van der Waals surface area contributed by atoms with Gasteiger partial charge in [0.05, 0.1) is 0 Å². The van der Waals surface area contributed by atoms with Gasteiger partial charge in [-0.25, -0.2) is 0 Å². The number of benzene rings is 2. The molecular weight excluding hydrogens is 293 g/mol. The number of halogens is 1. The summed E-state index contributed by atoms with van der Waals surface area (Å²) in [5.74, 6) is 0. The van der Waals surface area contributed by atoms with Crippen LogP contribution in [0.2, 0.25) is 0 Å². The van der Waals surface area contributed by atoms with E-state index in [0.717, 1.165) is 8.58 Å². The molecule has 0 saturated heterocycles. The molecule has 0 unspecified atom stereocenters. The van der Waals surface area contributed by atoms with Crippen molar-refractivity contribution in [1.82, 2.24) is 0 Å². The van der Waals surface area contributed by atoms with Crippen molar-refractivity contribution in [2.45, 2.75) is 13.8 Å².